The van der Waals surface area contributed by atoms with Crippen LogP contribution in [0.4, 0.5) is 0 Å². The van der Waals surface area contributed by atoms with Gasteiger partial charge in [-0.25, -0.2) is 0 Å². The molecule has 162 valence electrons. The molecule has 3 heterocycles. The Morgan fingerprint density at radius 2 is 1.84 bits per heavy atom. The highest BCUT2D eigenvalue weighted by Crippen LogP contribution is 2.26. The number of carbonyl (C=O) groups excluding carboxylic acids is 4. The first kappa shape index (κ1) is 21.3. The number of fused-ring (bicyclic) bond motifs is 1. The molecule has 0 bridgehead atoms. The quantitative estimate of drug-likeness (QED) is 0.631. The van der Waals surface area contributed by atoms with Crippen LogP contribution in [0, 0.1) is 0 Å². The molecule has 1 aromatic heterocycles. The molecule has 8 nitrogen and oxygen atoms in total. The van der Waals surface area contributed by atoms with Crippen molar-refractivity contribution >= 4 is 39.6 Å². The molecule has 2 aliphatic heterocycles. The molecule has 0 saturated carbocycles. The van der Waals surface area contributed by atoms with Crippen LogP contribution in [0.1, 0.15) is 56.8 Å². The van der Waals surface area contributed by atoms with Crippen LogP contribution in [0.3, 0.4) is 0 Å². The second-order valence-corrected chi connectivity index (χ2v) is 8.62. The number of benzene rings is 1. The molecule has 2 aromatic rings. The Balaban J connectivity index is 1.20. The predicted octanol–water partition coefficient (Wildman–Crippen LogP) is 2.84. The highest BCUT2D eigenvalue weighted by Gasteiger charge is 2.35. The lowest BCUT2D eigenvalue weighted by molar-refractivity contribution is -0.122. The van der Waals surface area contributed by atoms with Gasteiger partial charge in [0.15, 0.2) is 0 Å². The van der Waals surface area contributed by atoms with E-state index >= 15 is 0 Å². The minimum atomic E-state index is -0.323. The van der Waals surface area contributed by atoms with Crippen LogP contribution in [-0.4, -0.2) is 59.1 Å². The molecule has 1 fully saturated rings. The number of carbonyl (C=O) groups is 4. The molecule has 0 unspecified atom stereocenters. The van der Waals surface area contributed by atoms with Crippen molar-refractivity contribution in [2.24, 2.45) is 0 Å². The van der Waals surface area contributed by atoms with E-state index in [-0.39, 0.29) is 42.6 Å². The monoisotopic (exact) mass is 487 g/mol. The first-order valence-electron chi connectivity index (χ1n) is 10.2. The molecule has 2 aliphatic rings. The minimum Gasteiger partial charge on any atom is -0.472 e. The fourth-order valence-corrected chi connectivity index (χ4v) is 4.32. The van der Waals surface area contributed by atoms with Gasteiger partial charge in [-0.05, 0) is 43.5 Å². The molecule has 0 aliphatic carbocycles. The number of halogens is 1. The second-order valence-electron chi connectivity index (χ2n) is 7.70. The van der Waals surface area contributed by atoms with Gasteiger partial charge >= 0.3 is 0 Å². The normalized spacial score (nSPS) is 16.5. The zero-order valence-corrected chi connectivity index (χ0v) is 18.4. The molecular weight excluding hydrogens is 466 g/mol. The third-order valence-electron chi connectivity index (χ3n) is 5.63. The number of nitrogens with one attached hydrogen (secondary N) is 1. The van der Waals surface area contributed by atoms with Crippen molar-refractivity contribution in [2.75, 3.05) is 19.6 Å². The summed E-state index contributed by atoms with van der Waals surface area (Å²) in [6.45, 7) is 1.34. The number of amides is 4. The van der Waals surface area contributed by atoms with Crippen molar-refractivity contribution in [3.63, 3.8) is 0 Å². The number of piperidine rings is 1. The van der Waals surface area contributed by atoms with E-state index in [1.165, 1.54) is 17.4 Å². The van der Waals surface area contributed by atoms with E-state index in [9.17, 15) is 19.2 Å². The molecule has 0 radical (unpaired) electrons. The highest BCUT2D eigenvalue weighted by atomic mass is 79.9. The largest absolute Gasteiger partial charge is 0.472 e. The van der Waals surface area contributed by atoms with Crippen molar-refractivity contribution in [2.45, 2.75) is 31.7 Å². The molecule has 9 heteroatoms. The average Bonchev–Trinajstić information content (AvgIpc) is 3.37. The van der Waals surface area contributed by atoms with Crippen LogP contribution < -0.4 is 5.32 Å². The Kier molecular flexibility index (Phi) is 6.22. The van der Waals surface area contributed by atoms with Crippen LogP contribution in [-0.2, 0) is 4.79 Å². The lowest BCUT2D eigenvalue weighted by Crippen LogP contribution is -2.46. The summed E-state index contributed by atoms with van der Waals surface area (Å²) in [6.07, 6.45) is 4.90. The van der Waals surface area contributed by atoms with E-state index in [1.54, 1.807) is 29.2 Å². The number of nitrogens with zero attached hydrogens (tertiary/aromatic N) is 2. The van der Waals surface area contributed by atoms with Crippen LogP contribution >= 0.6 is 15.9 Å². The molecule has 1 N–H and O–H groups in total. The van der Waals surface area contributed by atoms with Crippen molar-refractivity contribution < 1.29 is 23.6 Å². The van der Waals surface area contributed by atoms with Gasteiger partial charge in [0, 0.05) is 36.6 Å². The number of hydrogen-bond acceptors (Lipinski definition) is 5. The Labute approximate surface area is 187 Å². The molecule has 4 rings (SSSR count). The summed E-state index contributed by atoms with van der Waals surface area (Å²) >= 11 is 3.31. The van der Waals surface area contributed by atoms with Gasteiger partial charge in [0.1, 0.15) is 6.26 Å². The van der Waals surface area contributed by atoms with Crippen molar-refractivity contribution in [3.05, 3.63) is 58.0 Å². The van der Waals surface area contributed by atoms with E-state index < -0.39 is 0 Å². The Hall–Kier alpha value is -2.94. The van der Waals surface area contributed by atoms with Crippen molar-refractivity contribution in [1.82, 2.24) is 15.1 Å². The maximum Gasteiger partial charge on any atom is 0.261 e. The van der Waals surface area contributed by atoms with Gasteiger partial charge in [0.25, 0.3) is 17.7 Å². The third-order valence-corrected chi connectivity index (χ3v) is 6.13. The molecule has 4 amide bonds. The standard InChI is InChI=1S/C22H22BrN3O5/c23-15-3-4-17-18(12-15)22(30)26(21(17)29)8-1-2-19(27)24-16-5-9-25(10-6-16)20(28)14-7-11-31-13-14/h3-4,7,11-13,16H,1-2,5-6,8-10H2,(H,24,27). The van der Waals surface area contributed by atoms with Gasteiger partial charge in [0.05, 0.1) is 23.0 Å². The van der Waals surface area contributed by atoms with Gasteiger partial charge < -0.3 is 14.6 Å². The molecule has 0 spiro atoms. The number of hydrogen-bond donors (Lipinski definition) is 1. The second kappa shape index (κ2) is 9.05. The maximum atomic E-state index is 12.5. The number of furan rings is 1. The minimum absolute atomic E-state index is 0.0116. The van der Waals surface area contributed by atoms with E-state index in [0.29, 0.717) is 49.0 Å². The first-order chi connectivity index (χ1) is 14.9. The topological polar surface area (TPSA) is 99.9 Å². The van der Waals surface area contributed by atoms with Gasteiger partial charge in [-0.2, -0.15) is 0 Å². The van der Waals surface area contributed by atoms with E-state index in [4.69, 9.17) is 4.42 Å². The summed E-state index contributed by atoms with van der Waals surface area (Å²) in [5, 5.41) is 3.00. The van der Waals surface area contributed by atoms with Crippen molar-refractivity contribution in [3.8, 4) is 0 Å². The summed E-state index contributed by atoms with van der Waals surface area (Å²) < 4.78 is 5.70. The van der Waals surface area contributed by atoms with Crippen molar-refractivity contribution in [1.29, 1.82) is 0 Å². The maximum absolute atomic E-state index is 12.5. The molecule has 1 saturated heterocycles. The Morgan fingerprint density at radius 3 is 2.55 bits per heavy atom. The predicted molar refractivity (Wildman–Crippen MR) is 115 cm³/mol. The van der Waals surface area contributed by atoms with Crippen LogP contribution in [0.5, 0.6) is 0 Å². The fraction of sp³-hybridized carbons (Fsp3) is 0.364. The zero-order chi connectivity index (χ0) is 22.0. The molecule has 0 atom stereocenters. The van der Waals surface area contributed by atoms with E-state index in [2.05, 4.69) is 21.2 Å². The lowest BCUT2D eigenvalue weighted by Gasteiger charge is -2.32. The summed E-state index contributed by atoms with van der Waals surface area (Å²) in [6, 6.07) is 6.66. The SMILES string of the molecule is O=C(CCCN1C(=O)c2ccc(Br)cc2C1=O)NC1CCN(C(=O)c2ccoc2)CC1. The van der Waals surface area contributed by atoms with E-state index in [1.807, 2.05) is 0 Å². The van der Waals surface area contributed by atoms with Gasteiger partial charge in [-0.1, -0.05) is 15.9 Å². The van der Waals surface area contributed by atoms with Crippen LogP contribution in [0.25, 0.3) is 0 Å². The average molecular weight is 488 g/mol. The highest BCUT2D eigenvalue weighted by molar-refractivity contribution is 9.10. The summed E-state index contributed by atoms with van der Waals surface area (Å²) in [5.74, 6) is -0.815. The number of rotatable bonds is 6. The Bertz CT molecular complexity index is 1010. The lowest BCUT2D eigenvalue weighted by atomic mass is 10.0. The van der Waals surface area contributed by atoms with E-state index in [0.717, 1.165) is 4.47 Å². The summed E-state index contributed by atoms with van der Waals surface area (Å²) in [4.78, 5) is 52.5. The van der Waals surface area contributed by atoms with Crippen LogP contribution in [0.15, 0.2) is 45.7 Å². The number of imide groups is 1. The van der Waals surface area contributed by atoms with Crippen LogP contribution in [0.2, 0.25) is 0 Å². The molecule has 1 aromatic carbocycles. The zero-order valence-electron chi connectivity index (χ0n) is 16.8. The van der Waals surface area contributed by atoms with Gasteiger partial charge in [0.2, 0.25) is 5.91 Å². The Morgan fingerprint density at radius 1 is 1.10 bits per heavy atom. The summed E-state index contributed by atoms with van der Waals surface area (Å²) in [7, 11) is 0. The van der Waals surface area contributed by atoms with Gasteiger partial charge in [-0.15, -0.1) is 0 Å². The smallest absolute Gasteiger partial charge is 0.261 e. The first-order valence-corrected chi connectivity index (χ1v) is 11.0. The number of likely N-dealkylation sites (tertiary alicyclic amines) is 1. The third kappa shape index (κ3) is 4.56. The molecule has 31 heavy (non-hydrogen) atoms. The summed E-state index contributed by atoms with van der Waals surface area (Å²) in [5.41, 5.74) is 1.32. The fourth-order valence-electron chi connectivity index (χ4n) is 3.96. The van der Waals surface area contributed by atoms with Gasteiger partial charge in [-0.3, -0.25) is 24.1 Å². The molecular formula is C22H22BrN3O5.